The first kappa shape index (κ1) is 45.4. The van der Waals surface area contributed by atoms with Crippen LogP contribution in [0.1, 0.15) is 77.0 Å². The van der Waals surface area contributed by atoms with Crippen molar-refractivity contribution in [2.45, 2.75) is 76.5 Å². The molecule has 1 N–H and O–H groups in total. The molecule has 14 heteroatoms. The molecule has 5 aliphatic rings. The monoisotopic (exact) mass is 907 g/mol. The molecule has 4 heterocycles. The molecule has 1 saturated carbocycles. The van der Waals surface area contributed by atoms with Crippen LogP contribution in [0.25, 0.3) is 16.8 Å². The van der Waals surface area contributed by atoms with Crippen molar-refractivity contribution in [2.24, 2.45) is 0 Å². The van der Waals surface area contributed by atoms with Gasteiger partial charge in [-0.15, -0.1) is 0 Å². The Labute approximate surface area is 378 Å². The summed E-state index contributed by atoms with van der Waals surface area (Å²) in [5.74, 6) is -0.458. The number of hydrogen-bond acceptors (Lipinski definition) is 8. The van der Waals surface area contributed by atoms with E-state index in [2.05, 4.69) is 92.3 Å². The number of ether oxygens (including phenoxy) is 1. The van der Waals surface area contributed by atoms with E-state index >= 15 is 0 Å². The summed E-state index contributed by atoms with van der Waals surface area (Å²) in [4.78, 5) is 16.7. The van der Waals surface area contributed by atoms with Gasteiger partial charge < -0.3 is 14.2 Å². The number of rotatable bonds is 10. The molecule has 1 aliphatic carbocycles. The van der Waals surface area contributed by atoms with E-state index in [1.165, 1.54) is 0 Å². The number of quaternary nitrogens is 1. The number of benzene rings is 3. The minimum atomic E-state index is -4.42. The van der Waals surface area contributed by atoms with Crippen LogP contribution in [0, 0.1) is 0 Å². The quantitative estimate of drug-likeness (QED) is 0.0918. The maximum atomic E-state index is 13.1. The van der Waals surface area contributed by atoms with E-state index in [1.807, 2.05) is 42.5 Å². The van der Waals surface area contributed by atoms with E-state index in [1.54, 1.807) is 17.9 Å². The second kappa shape index (κ2) is 17.0. The van der Waals surface area contributed by atoms with E-state index in [9.17, 15) is 30.7 Å². The zero-order valence-electron chi connectivity index (χ0n) is 37.4. The Balaban J connectivity index is 1.26. The van der Waals surface area contributed by atoms with Crippen LogP contribution in [0.15, 0.2) is 120 Å². The standard InChI is InChI=1S/C50H58N4O8S2/c1-7-9-14-36-16-12-18-41-45(36)50(5,6)43(54(41)33-27-44(54)64(59,60)61)26-23-38-20-19-37(47(38)51-29-31-52(32-30-51)48(55)62-8-2)22-25-42-49(3,4)46-39-17-11-10-15-35(39)21-24-40(46)53(42)28-13-34-63(56,57)58/h7,9-12,14-18,21-26,44H,1,8,13,19-20,27-34H2,2-6H3/p+1/b14-9-,38-23+,43-26?. The lowest BCUT2D eigenvalue weighted by Gasteiger charge is -2.49. The summed E-state index contributed by atoms with van der Waals surface area (Å²) in [6.45, 7) is 17.6. The number of nitrogens with zero attached hydrogens (tertiary/aromatic N) is 4. The molecule has 0 aromatic heterocycles. The highest BCUT2D eigenvalue weighted by atomic mass is 32.2. The van der Waals surface area contributed by atoms with Crippen LogP contribution in [-0.2, 0) is 35.8 Å². The van der Waals surface area contributed by atoms with E-state index in [0.29, 0.717) is 58.7 Å². The number of carbonyl (C=O) groups is 1. The Morgan fingerprint density at radius 1 is 0.938 bits per heavy atom. The molecule has 3 fully saturated rings. The molecule has 2 saturated heterocycles. The number of hydrogen-bond donors (Lipinski definition) is 1. The Bertz CT molecular complexity index is 2840. The molecule has 64 heavy (non-hydrogen) atoms. The van der Waals surface area contributed by atoms with Gasteiger partial charge in [0.25, 0.3) is 0 Å². The average molecular weight is 908 g/mol. The normalized spacial score (nSPS) is 25.3. The Morgan fingerprint density at radius 2 is 1.64 bits per heavy atom. The zero-order chi connectivity index (χ0) is 45.8. The van der Waals surface area contributed by atoms with Crippen LogP contribution in [0.5, 0.6) is 0 Å². The molecule has 1 spiro atoms. The highest BCUT2D eigenvalue weighted by molar-refractivity contribution is 7.86. The van der Waals surface area contributed by atoms with Gasteiger partial charge in [0.05, 0.1) is 48.2 Å². The van der Waals surface area contributed by atoms with E-state index in [4.69, 9.17) is 4.74 Å². The highest BCUT2D eigenvalue weighted by Crippen LogP contribution is 2.59. The first-order valence-electron chi connectivity index (χ1n) is 22.2. The highest BCUT2D eigenvalue weighted by Gasteiger charge is 2.66. The third-order valence-corrected chi connectivity index (χ3v) is 16.1. The fourth-order valence-electron chi connectivity index (χ4n) is 11.2. The molecule has 12 nitrogen and oxygen atoms in total. The van der Waals surface area contributed by atoms with Crippen molar-refractivity contribution in [3.63, 3.8) is 0 Å². The predicted molar refractivity (Wildman–Crippen MR) is 254 cm³/mol. The van der Waals surface area contributed by atoms with E-state index < -0.39 is 42.2 Å². The van der Waals surface area contributed by atoms with E-state index in [-0.39, 0.29) is 17.0 Å². The van der Waals surface area contributed by atoms with Crippen LogP contribution in [0.2, 0.25) is 0 Å². The van der Waals surface area contributed by atoms with Gasteiger partial charge >= 0.3 is 16.2 Å². The number of amides is 1. The van der Waals surface area contributed by atoms with Gasteiger partial charge in [-0.05, 0) is 92.3 Å². The van der Waals surface area contributed by atoms with Gasteiger partial charge in [0.2, 0.25) is 11.1 Å². The fraction of sp³-hybridized carbons (Fsp3) is 0.400. The maximum absolute atomic E-state index is 13.1. The lowest BCUT2D eigenvalue weighted by Crippen LogP contribution is -2.68. The summed E-state index contributed by atoms with van der Waals surface area (Å²) in [7, 11) is -8.83. The SMILES string of the molecule is C=C/C=C\c1cccc2c1C(C)(C)C(=C/C=C1\CC/C(=C\C=C3N(CCCS(=O)(=O)[O-])c4ccc5ccccc5c4C3(C)C)C1=[N+]1CCN(C(=O)OCC)CC1)[N+]21CCC1S(=O)(=O)O. The summed E-state index contributed by atoms with van der Waals surface area (Å²) in [6, 6.07) is 18.4. The van der Waals surface area contributed by atoms with Gasteiger partial charge in [0, 0.05) is 45.8 Å². The van der Waals surface area contributed by atoms with Crippen molar-refractivity contribution in [3.05, 3.63) is 137 Å². The minimum Gasteiger partial charge on any atom is -0.748 e. The number of carbonyl (C=O) groups excluding carboxylic acids is 1. The van der Waals surface area contributed by atoms with Gasteiger partial charge in [0.15, 0.2) is 13.1 Å². The molecule has 4 aliphatic heterocycles. The summed E-state index contributed by atoms with van der Waals surface area (Å²) >= 11 is 0. The van der Waals surface area contributed by atoms with Gasteiger partial charge in [0.1, 0.15) is 11.4 Å². The predicted octanol–water partition coefficient (Wildman–Crippen LogP) is 8.33. The maximum Gasteiger partial charge on any atom is 0.410 e. The van der Waals surface area contributed by atoms with Gasteiger partial charge in [-0.1, -0.05) is 87.2 Å². The summed E-state index contributed by atoms with van der Waals surface area (Å²) in [5, 5.41) is 1.19. The summed E-state index contributed by atoms with van der Waals surface area (Å²) in [6.07, 6.45) is 15.8. The fourth-order valence-corrected chi connectivity index (χ4v) is 12.9. The smallest absolute Gasteiger partial charge is 0.410 e. The Hall–Kier alpha value is -5.12. The molecule has 338 valence electrons. The molecular weight excluding hydrogens is 849 g/mol. The van der Waals surface area contributed by atoms with E-state index in [0.717, 1.165) is 73.5 Å². The number of piperazine rings is 1. The van der Waals surface area contributed by atoms with Crippen LogP contribution >= 0.6 is 0 Å². The zero-order valence-corrected chi connectivity index (χ0v) is 39.1. The number of fused-ring (bicyclic) bond motifs is 5. The summed E-state index contributed by atoms with van der Waals surface area (Å²) in [5.41, 5.74) is 9.06. The van der Waals surface area contributed by atoms with Crippen molar-refractivity contribution < 1.29 is 40.0 Å². The first-order valence-corrected chi connectivity index (χ1v) is 25.3. The third kappa shape index (κ3) is 7.91. The average Bonchev–Trinajstić information content (AvgIpc) is 3.80. The lowest BCUT2D eigenvalue weighted by atomic mass is 9.80. The molecule has 2 unspecified atom stereocenters. The molecule has 0 radical (unpaired) electrons. The lowest BCUT2D eigenvalue weighted by molar-refractivity contribution is -0.537. The van der Waals surface area contributed by atoms with Crippen molar-refractivity contribution in [1.29, 1.82) is 0 Å². The second-order valence-corrected chi connectivity index (χ2v) is 21.5. The molecule has 1 amide bonds. The topological polar surface area (TPSA) is 147 Å². The number of allylic oxidation sites excluding steroid dienone is 10. The number of anilines is 1. The molecule has 3 aromatic carbocycles. The van der Waals surface area contributed by atoms with Crippen molar-refractivity contribution in [1.82, 2.24) is 9.38 Å². The van der Waals surface area contributed by atoms with Crippen molar-refractivity contribution in [3.8, 4) is 0 Å². The molecule has 0 bridgehead atoms. The minimum absolute atomic E-state index is 0.0386. The van der Waals surface area contributed by atoms with Crippen LogP contribution < -0.4 is 9.38 Å². The van der Waals surface area contributed by atoms with Crippen molar-refractivity contribution in [2.75, 3.05) is 56.5 Å². The second-order valence-electron chi connectivity index (χ2n) is 18.4. The van der Waals surface area contributed by atoms with Gasteiger partial charge in [-0.3, -0.25) is 9.45 Å². The summed E-state index contributed by atoms with van der Waals surface area (Å²) < 4.78 is 79.9. The first-order chi connectivity index (χ1) is 30.3. The largest absolute Gasteiger partial charge is 0.748 e. The molecule has 8 rings (SSSR count). The molecular formula is C50H59N4O8S2+. The van der Waals surface area contributed by atoms with Gasteiger partial charge in [-0.2, -0.15) is 8.42 Å². The Morgan fingerprint density at radius 3 is 2.28 bits per heavy atom. The van der Waals surface area contributed by atoms with Crippen LogP contribution in [0.3, 0.4) is 0 Å². The van der Waals surface area contributed by atoms with Crippen LogP contribution in [0.4, 0.5) is 16.2 Å². The molecule has 2 atom stereocenters. The Kier molecular flexibility index (Phi) is 12.1. The molecule has 3 aromatic rings. The third-order valence-electron chi connectivity index (χ3n) is 14.0. The van der Waals surface area contributed by atoms with Gasteiger partial charge in [-0.25, -0.2) is 22.3 Å². The van der Waals surface area contributed by atoms with Crippen LogP contribution in [-0.4, -0.2) is 104 Å². The van der Waals surface area contributed by atoms with Crippen molar-refractivity contribution >= 4 is 60.3 Å².